The minimum atomic E-state index is -0.820. The molecule has 7 heteroatoms. The van der Waals surface area contributed by atoms with Gasteiger partial charge >= 0.3 is 6.09 Å². The number of carboxylic acid groups (broad SMARTS) is 1. The number of aromatic nitrogens is 2. The van der Waals surface area contributed by atoms with Gasteiger partial charge < -0.3 is 14.7 Å². The molecule has 124 valence electrons. The minimum absolute atomic E-state index is 0.457. The van der Waals surface area contributed by atoms with Crippen molar-refractivity contribution in [2.45, 2.75) is 26.3 Å². The molecule has 0 unspecified atom stereocenters. The lowest BCUT2D eigenvalue weighted by atomic mass is 9.97. The lowest BCUT2D eigenvalue weighted by Crippen LogP contribution is -2.38. The van der Waals surface area contributed by atoms with Crippen molar-refractivity contribution in [1.29, 1.82) is 0 Å². The van der Waals surface area contributed by atoms with E-state index in [9.17, 15) is 4.79 Å². The summed E-state index contributed by atoms with van der Waals surface area (Å²) < 4.78 is 8.61. The molecule has 0 spiro atoms. The SMILES string of the molecule is CCOc1c(Br)ccc2nn(CC3CCN(C(=O)O)CC3)cc12. The van der Waals surface area contributed by atoms with Crippen LogP contribution in [0.25, 0.3) is 10.9 Å². The van der Waals surface area contributed by atoms with Crippen LogP contribution in [0.4, 0.5) is 4.79 Å². The summed E-state index contributed by atoms with van der Waals surface area (Å²) in [6.07, 6.45) is 2.96. The van der Waals surface area contributed by atoms with Gasteiger partial charge in [0, 0.05) is 25.8 Å². The van der Waals surface area contributed by atoms with Crippen molar-refractivity contribution in [3.05, 3.63) is 22.8 Å². The number of amides is 1. The van der Waals surface area contributed by atoms with Gasteiger partial charge in [0.15, 0.2) is 0 Å². The van der Waals surface area contributed by atoms with Gasteiger partial charge in [-0.2, -0.15) is 5.10 Å². The second-order valence-electron chi connectivity index (χ2n) is 5.81. The van der Waals surface area contributed by atoms with Crippen LogP contribution in [-0.2, 0) is 6.54 Å². The fourth-order valence-corrected chi connectivity index (χ4v) is 3.51. The molecule has 1 fully saturated rings. The quantitative estimate of drug-likeness (QED) is 0.878. The van der Waals surface area contributed by atoms with E-state index in [0.717, 1.165) is 40.5 Å². The van der Waals surface area contributed by atoms with Crippen molar-refractivity contribution in [3.63, 3.8) is 0 Å². The third-order valence-electron chi connectivity index (χ3n) is 4.26. The zero-order valence-corrected chi connectivity index (χ0v) is 14.6. The first kappa shape index (κ1) is 16.1. The molecule has 0 radical (unpaired) electrons. The topological polar surface area (TPSA) is 67.6 Å². The summed E-state index contributed by atoms with van der Waals surface area (Å²) in [5.41, 5.74) is 0.916. The van der Waals surface area contributed by atoms with Gasteiger partial charge in [0.1, 0.15) is 5.75 Å². The van der Waals surface area contributed by atoms with Crippen LogP contribution in [0.1, 0.15) is 19.8 Å². The number of carbonyl (C=O) groups is 1. The maximum absolute atomic E-state index is 11.0. The van der Waals surface area contributed by atoms with Crippen LogP contribution in [0.3, 0.4) is 0 Å². The van der Waals surface area contributed by atoms with Gasteiger partial charge in [0.2, 0.25) is 0 Å². The summed E-state index contributed by atoms with van der Waals surface area (Å²) >= 11 is 3.52. The van der Waals surface area contributed by atoms with Gasteiger partial charge in [-0.05, 0) is 53.7 Å². The Bertz CT molecular complexity index is 708. The summed E-state index contributed by atoms with van der Waals surface area (Å²) in [4.78, 5) is 12.4. The molecule has 1 aliphatic heterocycles. The smallest absolute Gasteiger partial charge is 0.407 e. The zero-order chi connectivity index (χ0) is 16.4. The van der Waals surface area contributed by atoms with Crippen molar-refractivity contribution in [2.24, 2.45) is 5.92 Å². The van der Waals surface area contributed by atoms with Crippen molar-refractivity contribution >= 4 is 32.9 Å². The summed E-state index contributed by atoms with van der Waals surface area (Å²) in [5, 5.41) is 14.6. The van der Waals surface area contributed by atoms with E-state index in [-0.39, 0.29) is 0 Å². The van der Waals surface area contributed by atoms with Crippen molar-refractivity contribution in [3.8, 4) is 5.75 Å². The van der Waals surface area contributed by atoms with E-state index < -0.39 is 6.09 Å². The van der Waals surface area contributed by atoms with E-state index in [2.05, 4.69) is 21.0 Å². The molecule has 0 saturated carbocycles. The molecule has 1 aliphatic rings. The van der Waals surface area contributed by atoms with Crippen LogP contribution < -0.4 is 4.74 Å². The number of benzene rings is 1. The highest BCUT2D eigenvalue weighted by molar-refractivity contribution is 9.10. The van der Waals surface area contributed by atoms with E-state index in [0.29, 0.717) is 25.6 Å². The lowest BCUT2D eigenvalue weighted by Gasteiger charge is -2.29. The summed E-state index contributed by atoms with van der Waals surface area (Å²) in [5.74, 6) is 1.29. The van der Waals surface area contributed by atoms with Crippen molar-refractivity contribution in [1.82, 2.24) is 14.7 Å². The Morgan fingerprint density at radius 2 is 2.17 bits per heavy atom. The fourth-order valence-electron chi connectivity index (χ4n) is 3.05. The highest BCUT2D eigenvalue weighted by Gasteiger charge is 2.23. The van der Waals surface area contributed by atoms with Gasteiger partial charge in [-0.25, -0.2) is 4.79 Å². The molecule has 1 saturated heterocycles. The standard InChI is InChI=1S/C16H20BrN3O3/c1-2-23-15-12-10-20(18-14(12)4-3-13(15)17)9-11-5-7-19(8-6-11)16(21)22/h3-4,10-11H,2,5-9H2,1H3,(H,21,22). The van der Waals surface area contributed by atoms with Crippen molar-refractivity contribution < 1.29 is 14.6 Å². The van der Waals surface area contributed by atoms with E-state index in [1.165, 1.54) is 4.90 Å². The fraction of sp³-hybridized carbons (Fsp3) is 0.500. The summed E-state index contributed by atoms with van der Waals surface area (Å²) in [6, 6.07) is 3.93. The van der Waals surface area contributed by atoms with Gasteiger partial charge in [-0.1, -0.05) is 0 Å². The Morgan fingerprint density at radius 1 is 1.43 bits per heavy atom. The van der Waals surface area contributed by atoms with Crippen LogP contribution in [0, 0.1) is 5.92 Å². The van der Waals surface area contributed by atoms with Crippen molar-refractivity contribution in [2.75, 3.05) is 19.7 Å². The molecular formula is C16H20BrN3O3. The Kier molecular flexibility index (Phi) is 4.75. The predicted octanol–water partition coefficient (Wildman–Crippen LogP) is 3.59. The molecule has 2 aromatic rings. The van der Waals surface area contributed by atoms with Gasteiger partial charge in [-0.15, -0.1) is 0 Å². The number of rotatable bonds is 4. The number of fused-ring (bicyclic) bond motifs is 1. The molecule has 1 N–H and O–H groups in total. The number of likely N-dealkylation sites (tertiary alicyclic amines) is 1. The monoisotopic (exact) mass is 381 g/mol. The van der Waals surface area contributed by atoms with Crippen LogP contribution in [-0.4, -0.2) is 45.6 Å². The molecule has 23 heavy (non-hydrogen) atoms. The number of hydrogen-bond donors (Lipinski definition) is 1. The molecule has 2 heterocycles. The molecule has 6 nitrogen and oxygen atoms in total. The Morgan fingerprint density at radius 3 is 2.83 bits per heavy atom. The average Bonchev–Trinajstić information content (AvgIpc) is 2.93. The first-order valence-corrected chi connectivity index (χ1v) is 8.64. The minimum Gasteiger partial charge on any atom is -0.492 e. The molecule has 0 atom stereocenters. The zero-order valence-electron chi connectivity index (χ0n) is 13.0. The number of piperidine rings is 1. The second kappa shape index (κ2) is 6.78. The Labute approximate surface area is 143 Å². The van der Waals surface area contributed by atoms with Gasteiger partial charge in [-0.3, -0.25) is 4.68 Å². The van der Waals surface area contributed by atoms with Gasteiger partial charge in [0.05, 0.1) is 22.0 Å². The first-order valence-electron chi connectivity index (χ1n) is 7.84. The van der Waals surface area contributed by atoms with E-state index in [4.69, 9.17) is 9.84 Å². The molecule has 1 aromatic heterocycles. The summed E-state index contributed by atoms with van der Waals surface area (Å²) in [6.45, 7) is 4.60. The predicted molar refractivity (Wildman–Crippen MR) is 90.9 cm³/mol. The van der Waals surface area contributed by atoms with Crippen LogP contribution >= 0.6 is 15.9 Å². The molecule has 0 aliphatic carbocycles. The molecule has 3 rings (SSSR count). The first-order chi connectivity index (χ1) is 11.1. The third-order valence-corrected chi connectivity index (χ3v) is 4.88. The van der Waals surface area contributed by atoms with E-state index in [1.54, 1.807) is 0 Å². The highest BCUT2D eigenvalue weighted by Crippen LogP contribution is 2.33. The largest absolute Gasteiger partial charge is 0.492 e. The number of ether oxygens (including phenoxy) is 1. The number of halogens is 1. The normalized spacial score (nSPS) is 16.0. The highest BCUT2D eigenvalue weighted by atomic mass is 79.9. The van der Waals surface area contributed by atoms with E-state index >= 15 is 0 Å². The number of nitrogens with zero attached hydrogens (tertiary/aromatic N) is 3. The Hall–Kier alpha value is -1.76. The maximum Gasteiger partial charge on any atom is 0.407 e. The molecule has 1 aromatic carbocycles. The maximum atomic E-state index is 11.0. The Balaban J connectivity index is 1.74. The molecule has 1 amide bonds. The summed E-state index contributed by atoms with van der Waals surface area (Å²) in [7, 11) is 0. The number of hydrogen-bond acceptors (Lipinski definition) is 3. The van der Waals surface area contributed by atoms with Crippen LogP contribution in [0.2, 0.25) is 0 Å². The van der Waals surface area contributed by atoms with E-state index in [1.807, 2.05) is 29.9 Å². The second-order valence-corrected chi connectivity index (χ2v) is 6.66. The molecular weight excluding hydrogens is 362 g/mol. The van der Waals surface area contributed by atoms with Crippen LogP contribution in [0.5, 0.6) is 5.75 Å². The average molecular weight is 382 g/mol. The lowest BCUT2D eigenvalue weighted by molar-refractivity contribution is 0.121. The third kappa shape index (κ3) is 3.44. The van der Waals surface area contributed by atoms with Gasteiger partial charge in [0.25, 0.3) is 0 Å². The molecule has 0 bridgehead atoms. The van der Waals surface area contributed by atoms with Crippen LogP contribution in [0.15, 0.2) is 22.8 Å².